The lowest BCUT2D eigenvalue weighted by molar-refractivity contribution is -0.143. The van der Waals surface area contributed by atoms with Crippen LogP contribution in [0.15, 0.2) is 27.5 Å². The number of imidazole rings is 1. The number of aromatic nitrogens is 2. The van der Waals surface area contributed by atoms with Gasteiger partial charge in [0.2, 0.25) is 100 Å². The molecule has 1 aliphatic heterocycles. The van der Waals surface area contributed by atoms with Crippen LogP contribution in [-0.2, 0) is 87.9 Å². The number of aliphatic imine (C=N–C) groups is 3. The van der Waals surface area contributed by atoms with Crippen LogP contribution in [-0.4, -0.2) is 266 Å². The van der Waals surface area contributed by atoms with Crippen LogP contribution in [0.25, 0.3) is 0 Å². The Hall–Kier alpha value is -12.1. The second-order valence-electron chi connectivity index (χ2n) is 36.6. The summed E-state index contributed by atoms with van der Waals surface area (Å²) in [4.78, 5) is 261. The van der Waals surface area contributed by atoms with Gasteiger partial charge in [0.05, 0.1) is 25.5 Å². The molecule has 5 rings (SSSR count). The molecule has 0 spiro atoms. The molecule has 14 atom stereocenters. The van der Waals surface area contributed by atoms with Crippen molar-refractivity contribution in [1.29, 1.82) is 0 Å². The molecule has 746 valence electrons. The van der Waals surface area contributed by atoms with Crippen molar-refractivity contribution in [3.05, 3.63) is 18.2 Å². The summed E-state index contributed by atoms with van der Waals surface area (Å²) in [6.07, 6.45) is 11.4. The number of carbonyl (C=O) groups excluding carboxylic acids is 17. The minimum absolute atomic E-state index is 0.00738. The molecule has 4 aliphatic rings. The third kappa shape index (κ3) is 40.1. The number of nitrogens with two attached hydrogens (primary N) is 9. The molecule has 3 aliphatic carbocycles. The molecule has 133 heavy (non-hydrogen) atoms. The monoisotopic (exact) mass is 1880 g/mol. The highest BCUT2D eigenvalue weighted by Gasteiger charge is 2.44. The van der Waals surface area contributed by atoms with Crippen molar-refractivity contribution in [1.82, 2.24) is 84.0 Å². The van der Waals surface area contributed by atoms with Crippen LogP contribution >= 0.6 is 0 Å². The van der Waals surface area contributed by atoms with Crippen LogP contribution in [0.5, 0.6) is 0 Å². The summed E-state index contributed by atoms with van der Waals surface area (Å²) in [5.41, 5.74) is 48.9. The van der Waals surface area contributed by atoms with E-state index in [1.807, 2.05) is 0 Å². The first-order valence-electron chi connectivity index (χ1n) is 46.4. The molecule has 0 unspecified atom stereocenters. The number of rotatable bonds is 57. The van der Waals surface area contributed by atoms with E-state index in [1.165, 1.54) is 31.3 Å². The molecule has 2 heterocycles. The first-order valence-corrected chi connectivity index (χ1v) is 46.4. The van der Waals surface area contributed by atoms with Gasteiger partial charge in [0.25, 0.3) is 0 Å². The number of likely N-dealkylation sites (tertiary alicyclic amines) is 1. The van der Waals surface area contributed by atoms with Gasteiger partial charge in [-0.2, -0.15) is 0 Å². The average Bonchev–Trinajstić information content (AvgIpc) is 1.78. The maximum Gasteiger partial charge on any atom is 0.248 e. The molecular formula is C86H148N28O19. The number of hydrogen-bond donors (Lipinski definition) is 25. The van der Waals surface area contributed by atoms with E-state index in [0.717, 1.165) is 77.6 Å². The summed E-state index contributed by atoms with van der Waals surface area (Å²) in [7, 11) is 0. The fourth-order valence-electron chi connectivity index (χ4n) is 16.7. The van der Waals surface area contributed by atoms with Gasteiger partial charge in [0, 0.05) is 56.8 Å². The summed E-state index contributed by atoms with van der Waals surface area (Å²) in [5.74, 6) is -17.5. The summed E-state index contributed by atoms with van der Waals surface area (Å²) in [6.45, 7) is 9.42. The lowest BCUT2D eigenvalue weighted by Crippen LogP contribution is -2.65. The predicted octanol–water partition coefficient (Wildman–Crippen LogP) is -5.57. The fourth-order valence-corrected chi connectivity index (χ4v) is 16.7. The van der Waals surface area contributed by atoms with Gasteiger partial charge in [-0.25, -0.2) is 4.98 Å². The fraction of sp³-hybridized carbons (Fsp3) is 0.733. The highest BCUT2D eigenvalue weighted by Crippen LogP contribution is 2.31. The average molecular weight is 1880 g/mol. The molecule has 17 amide bonds. The summed E-state index contributed by atoms with van der Waals surface area (Å²) >= 11 is 0. The van der Waals surface area contributed by atoms with E-state index >= 15 is 14.4 Å². The number of aliphatic hydroxyl groups excluding tert-OH is 2. The number of primary amides is 3. The minimum Gasteiger partial charge on any atom is -0.394 e. The highest BCUT2D eigenvalue weighted by molar-refractivity contribution is 6.02. The first-order chi connectivity index (χ1) is 62.9. The molecule has 0 bridgehead atoms. The maximum atomic E-state index is 15.3. The second kappa shape index (κ2) is 56.7. The van der Waals surface area contributed by atoms with E-state index in [2.05, 4.69) is 94.1 Å². The SMILES string of the molecule is CC(C)C[C@H](NC(=O)[C@H](CC(N)=O)NC(=O)[C@H](CC1CCCCC1)NC(=O)[C@H](CC1CCCCC1)NC(=O)[C@H](Cc1cnc[nH]1)NC(=O)[C@H](CCCN=C(N)N)NC(=O)[C@H]1CCCN1C(=O)[C@H](CO)NC(=O)C(C)C)C(=O)NC(C)(C)C(=O)N[C@H](C(=O)N[C@@H](CCCN=C(N)N)C(=O)N[C@@H](CCC(N)=O)C(=O)N[C@@H](CCCN=C(N)N)C(=O)N[C@@H](CC1CCCCC1)C(N)=O)[C@@H](C)O. The van der Waals surface area contributed by atoms with Crippen LogP contribution in [0.3, 0.4) is 0 Å². The van der Waals surface area contributed by atoms with Crippen LogP contribution in [0.2, 0.25) is 0 Å². The zero-order valence-corrected chi connectivity index (χ0v) is 77.8. The Bertz CT molecular complexity index is 4140. The predicted molar refractivity (Wildman–Crippen MR) is 490 cm³/mol. The zero-order valence-electron chi connectivity index (χ0n) is 77.8. The van der Waals surface area contributed by atoms with Crippen molar-refractivity contribution >= 4 is 118 Å². The van der Waals surface area contributed by atoms with E-state index in [4.69, 9.17) is 51.6 Å². The van der Waals surface area contributed by atoms with Gasteiger partial charge in [0.15, 0.2) is 17.9 Å². The Kier molecular flexibility index (Phi) is 47.5. The maximum absolute atomic E-state index is 15.3. The summed E-state index contributed by atoms with van der Waals surface area (Å²) < 4.78 is 0. The number of aliphatic hydroxyl groups is 2. The first kappa shape index (κ1) is 111. The quantitative estimate of drug-likeness (QED) is 0.0164. The molecule has 0 radical (unpaired) electrons. The molecule has 3 saturated carbocycles. The lowest BCUT2D eigenvalue weighted by atomic mass is 9.83. The molecule has 47 nitrogen and oxygen atoms in total. The van der Waals surface area contributed by atoms with Crippen molar-refractivity contribution in [3.8, 4) is 0 Å². The standard InChI is InChI=1S/C86H148N28O19/c1-46(2)37-58(78(129)113-86(6,7)82(133)112-67(48(5)116)80(131)104-55(29-19-35-99-85(94)95)70(121)102-56(31-32-65(87)117)73(124)101-53(27-17-33-97-83(90)91)71(122)105-57(68(89)119)38-49-21-11-8-12-22-49)106-77(128)62(42-66(88)118)110-75(126)60(40-51-25-15-10-16-26-51)107-74(125)59(39-50-23-13-9-14-24-50)108-76(127)61(41-52-43-96-45-100-52)109-72(123)54(28-18-34-98-84(92)93)103-79(130)64-30-20-36-114(64)81(132)63(44-115)111-69(120)47(3)4/h43,45-51,53-64,67,115-116H,8-42,44H2,1-7H3,(H2,87,117)(H2,88,118)(H2,89,119)(H,96,100)(H,101,124)(H,102,121)(H,103,130)(H,104,131)(H,105,122)(H,106,128)(H,107,125)(H,108,127)(H,109,123)(H,110,126)(H,111,120)(H,112,133)(H,113,129)(H4,90,91,97)(H4,92,93,98)(H4,94,95,99)/t48-,53+,54+,55+,56+,57+,58+,59+,60+,61+,62+,63+,64-,67+/m1/s1. The molecule has 1 saturated heterocycles. The van der Waals surface area contributed by atoms with Crippen LogP contribution in [0.1, 0.15) is 247 Å². The number of nitrogens with zero attached hydrogens (tertiary/aromatic N) is 5. The number of guanidine groups is 3. The Morgan fingerprint density at radius 1 is 0.444 bits per heavy atom. The number of hydrogen-bond acceptors (Lipinski definition) is 23. The molecule has 0 aromatic carbocycles. The smallest absolute Gasteiger partial charge is 0.248 e. The van der Waals surface area contributed by atoms with Gasteiger partial charge in [0.1, 0.15) is 84.1 Å². The molecule has 1 aromatic heterocycles. The Labute approximate surface area is 775 Å². The van der Waals surface area contributed by atoms with Gasteiger partial charge in [-0.3, -0.25) is 96.5 Å². The number of aromatic amines is 1. The number of H-pyrrole nitrogens is 1. The third-order valence-electron chi connectivity index (χ3n) is 24.1. The largest absolute Gasteiger partial charge is 0.394 e. The molecule has 34 N–H and O–H groups in total. The number of amides is 17. The van der Waals surface area contributed by atoms with E-state index in [-0.39, 0.29) is 139 Å². The molecule has 4 fully saturated rings. The highest BCUT2D eigenvalue weighted by atomic mass is 16.3. The van der Waals surface area contributed by atoms with Crippen LogP contribution in [0, 0.1) is 29.6 Å². The summed E-state index contributed by atoms with van der Waals surface area (Å²) in [5, 5.41) is 55.6. The van der Waals surface area contributed by atoms with Crippen molar-refractivity contribution in [2.24, 2.45) is 96.2 Å². The number of carbonyl (C=O) groups is 17. The molecular weight excluding hydrogens is 1730 g/mol. The van der Waals surface area contributed by atoms with Gasteiger partial charge in [-0.05, 0) is 128 Å². The minimum atomic E-state index is -2.04. The van der Waals surface area contributed by atoms with Crippen molar-refractivity contribution in [2.75, 3.05) is 32.8 Å². The van der Waals surface area contributed by atoms with Gasteiger partial charge >= 0.3 is 0 Å². The molecule has 47 heteroatoms. The Morgan fingerprint density at radius 2 is 0.835 bits per heavy atom. The van der Waals surface area contributed by atoms with E-state index < -0.39 is 228 Å². The second-order valence-corrected chi connectivity index (χ2v) is 36.6. The lowest BCUT2D eigenvalue weighted by Gasteiger charge is -2.32. The van der Waals surface area contributed by atoms with Crippen molar-refractivity contribution in [3.63, 3.8) is 0 Å². The van der Waals surface area contributed by atoms with Crippen molar-refractivity contribution in [2.45, 2.75) is 338 Å². The van der Waals surface area contributed by atoms with Crippen LogP contribution < -0.4 is 121 Å². The topological polar surface area (TPSA) is 790 Å². The normalized spacial score (nSPS) is 17.9. The van der Waals surface area contributed by atoms with E-state index in [0.29, 0.717) is 37.8 Å². The Morgan fingerprint density at radius 3 is 1.25 bits per heavy atom. The van der Waals surface area contributed by atoms with Gasteiger partial charge in [-0.1, -0.05) is 124 Å². The zero-order chi connectivity index (χ0) is 98.8. The number of nitrogens with one attached hydrogen (secondary N) is 14. The molecule has 1 aromatic rings. The van der Waals surface area contributed by atoms with Crippen LogP contribution in [0.4, 0.5) is 0 Å². The Balaban J connectivity index is 1.39. The van der Waals surface area contributed by atoms with E-state index in [9.17, 15) is 77.3 Å². The van der Waals surface area contributed by atoms with Gasteiger partial charge < -0.3 is 141 Å². The van der Waals surface area contributed by atoms with E-state index in [1.54, 1.807) is 27.7 Å². The van der Waals surface area contributed by atoms with Gasteiger partial charge in [-0.15, -0.1) is 0 Å². The van der Waals surface area contributed by atoms with Crippen molar-refractivity contribution < 1.29 is 91.7 Å². The summed E-state index contributed by atoms with van der Waals surface area (Å²) in [6, 6.07) is -19.4. The third-order valence-corrected chi connectivity index (χ3v) is 24.1.